The van der Waals surface area contributed by atoms with E-state index in [9.17, 15) is 0 Å². The fourth-order valence-electron chi connectivity index (χ4n) is 9.59. The first-order chi connectivity index (χ1) is 33.5. The van der Waals surface area contributed by atoms with E-state index in [0.29, 0.717) is 0 Å². The van der Waals surface area contributed by atoms with Crippen molar-refractivity contribution in [1.29, 1.82) is 0 Å². The molecule has 0 bridgehead atoms. The van der Waals surface area contributed by atoms with E-state index in [1.165, 1.54) is 337 Å². The summed E-state index contributed by atoms with van der Waals surface area (Å²) < 4.78 is 0. The molecule has 0 aliphatic heterocycles. The Balaban J connectivity index is -0.00000145. The van der Waals surface area contributed by atoms with Crippen molar-refractivity contribution in [2.45, 2.75) is 350 Å². The molecule has 0 N–H and O–H groups in total. The zero-order valence-corrected chi connectivity index (χ0v) is 51.7. The molecule has 0 aromatic carbocycles. The van der Waals surface area contributed by atoms with Crippen LogP contribution in [0.1, 0.15) is 350 Å². The highest BCUT2D eigenvalue weighted by Gasteiger charge is 2.12. The second-order valence-electron chi connectivity index (χ2n) is 21.5. The van der Waals surface area contributed by atoms with Crippen LogP contribution in [0.2, 0.25) is 0 Å². The lowest BCUT2D eigenvalue weighted by molar-refractivity contribution is 0.436. The number of hydrogen-bond donors (Lipinski definition) is 2. The summed E-state index contributed by atoms with van der Waals surface area (Å²) in [5, 5.41) is 0. The third-order valence-corrected chi connectivity index (χ3v) is 17.8. The summed E-state index contributed by atoms with van der Waals surface area (Å²) in [5.74, 6) is 9.37. The molecule has 0 amide bonds. The molecule has 0 saturated carbocycles. The predicted octanol–water partition coefficient (Wildman–Crippen LogP) is 24.9. The van der Waals surface area contributed by atoms with Crippen molar-refractivity contribution >= 4 is 48.8 Å². The van der Waals surface area contributed by atoms with Crippen molar-refractivity contribution in [3.05, 3.63) is 12.2 Å². The van der Waals surface area contributed by atoms with Crippen LogP contribution in [0.5, 0.6) is 0 Å². The maximum absolute atomic E-state index is 4.25. The van der Waals surface area contributed by atoms with Crippen LogP contribution in [0.3, 0.4) is 0 Å². The molecular formula is C64H132S4. The maximum Gasteiger partial charge on any atom is 0.00236 e. The number of hydrogen-bond acceptors (Lipinski definition) is 4. The van der Waals surface area contributed by atoms with Crippen molar-refractivity contribution in [3.63, 3.8) is 0 Å². The highest BCUT2D eigenvalue weighted by molar-refractivity contribution is 8.02. The van der Waals surface area contributed by atoms with Gasteiger partial charge >= 0.3 is 0 Å². The molecule has 2 unspecified atom stereocenters. The minimum absolute atomic E-state index is 0.878. The largest absolute Gasteiger partial charge is 0.179 e. The Labute approximate surface area is 454 Å². The van der Waals surface area contributed by atoms with Gasteiger partial charge in [0.2, 0.25) is 0 Å². The lowest BCUT2D eigenvalue weighted by atomic mass is 9.95. The smallest absolute Gasteiger partial charge is 0.00236 e. The zero-order valence-electron chi connectivity index (χ0n) is 48.3. The zero-order chi connectivity index (χ0) is 50.3. The molecule has 68 heavy (non-hydrogen) atoms. The van der Waals surface area contributed by atoms with Gasteiger partial charge in [0.15, 0.2) is 0 Å². The van der Waals surface area contributed by atoms with Gasteiger partial charge in [-0.15, -0.1) is 0 Å². The summed E-state index contributed by atoms with van der Waals surface area (Å²) in [6.45, 7) is 18.1. The molecule has 0 aromatic heterocycles. The Kier molecular flexibility index (Phi) is 75.8. The minimum Gasteiger partial charge on any atom is -0.179 e. The van der Waals surface area contributed by atoms with Crippen molar-refractivity contribution in [3.8, 4) is 0 Å². The minimum atomic E-state index is 0.878. The molecule has 0 aliphatic rings. The third kappa shape index (κ3) is 69.2. The van der Waals surface area contributed by atoms with Crippen LogP contribution < -0.4 is 0 Å². The summed E-state index contributed by atoms with van der Waals surface area (Å²) in [7, 11) is 0. The Hall–Kier alpha value is 1.14. The SMILES string of the molecule is C=C(CCCCCCCC)CCCCCCCCCC.CCCCCCCCCCC(CCCCCCCC)CSCCSCC(CCCCCCCC)CCCCCCCCCC.SCCS. The molecule has 0 rings (SSSR count). The highest BCUT2D eigenvalue weighted by atomic mass is 32.2. The third-order valence-electron chi connectivity index (χ3n) is 14.3. The summed E-state index contributed by atoms with van der Waals surface area (Å²) in [6, 6.07) is 0. The van der Waals surface area contributed by atoms with E-state index < -0.39 is 0 Å². The molecule has 0 aliphatic carbocycles. The van der Waals surface area contributed by atoms with Gasteiger partial charge in [-0.05, 0) is 86.2 Å². The van der Waals surface area contributed by atoms with Gasteiger partial charge in [-0.2, -0.15) is 48.8 Å². The van der Waals surface area contributed by atoms with Gasteiger partial charge in [-0.25, -0.2) is 0 Å². The Morgan fingerprint density at radius 3 is 0.691 bits per heavy atom. The second kappa shape index (κ2) is 70.2. The molecule has 0 heterocycles. The van der Waals surface area contributed by atoms with E-state index in [2.05, 4.69) is 96.9 Å². The van der Waals surface area contributed by atoms with Gasteiger partial charge in [0, 0.05) is 11.5 Å². The Morgan fingerprint density at radius 1 is 0.294 bits per heavy atom. The van der Waals surface area contributed by atoms with Crippen molar-refractivity contribution in [2.24, 2.45) is 11.8 Å². The van der Waals surface area contributed by atoms with Crippen LogP contribution >= 0.6 is 48.8 Å². The van der Waals surface area contributed by atoms with Crippen molar-refractivity contribution in [1.82, 2.24) is 0 Å². The number of thiol groups is 2. The first-order valence-electron chi connectivity index (χ1n) is 31.5. The molecule has 0 nitrogen and oxygen atoms in total. The number of allylic oxidation sites excluding steroid dienone is 1. The monoisotopic (exact) mass is 1030 g/mol. The van der Waals surface area contributed by atoms with Gasteiger partial charge in [-0.3, -0.25) is 0 Å². The van der Waals surface area contributed by atoms with E-state index in [1.807, 2.05) is 0 Å². The maximum atomic E-state index is 4.25. The molecule has 2 atom stereocenters. The summed E-state index contributed by atoms with van der Waals surface area (Å²) in [5.41, 5.74) is 1.51. The lowest BCUT2D eigenvalue weighted by Crippen LogP contribution is -2.07. The highest BCUT2D eigenvalue weighted by Crippen LogP contribution is 2.27. The average molecular weight is 1030 g/mol. The molecule has 4 heteroatoms. The summed E-state index contributed by atoms with van der Waals surface area (Å²) in [4.78, 5) is 0. The quantitative estimate of drug-likeness (QED) is 0.0354. The molecular weight excluding hydrogens is 897 g/mol. The molecule has 0 saturated heterocycles. The fourth-order valence-corrected chi connectivity index (χ4v) is 12.2. The van der Waals surface area contributed by atoms with Crippen LogP contribution in [-0.4, -0.2) is 34.5 Å². The normalized spacial score (nSPS) is 12.1. The Morgan fingerprint density at radius 2 is 0.485 bits per heavy atom. The van der Waals surface area contributed by atoms with Gasteiger partial charge < -0.3 is 0 Å². The van der Waals surface area contributed by atoms with Crippen LogP contribution in [0, 0.1) is 11.8 Å². The number of rotatable bonds is 56. The summed E-state index contributed by atoms with van der Waals surface area (Å²) >= 11 is 12.3. The van der Waals surface area contributed by atoms with E-state index in [1.54, 1.807) is 0 Å². The standard InChI is InChI=1S/C42H86S2.C20H40.C2H6S2/c1-5-9-13-17-21-23-27-31-35-41(33-29-25-19-15-11-7-3)39-43-37-38-44-40-42(34-30-26-20-16-12-8-4)36-32-28-24-22-18-14-10-6-2;1-4-6-8-10-12-13-15-17-19-20(3)18-16-14-11-9-7-5-2;3-1-2-4/h41-42H,5-40H2,1-4H3;3-19H2,1-2H3;3-4H,1-2H2. The molecule has 0 radical (unpaired) electrons. The van der Waals surface area contributed by atoms with Crippen LogP contribution in [-0.2, 0) is 0 Å². The van der Waals surface area contributed by atoms with E-state index in [4.69, 9.17) is 0 Å². The van der Waals surface area contributed by atoms with Gasteiger partial charge in [0.25, 0.3) is 0 Å². The second-order valence-corrected chi connectivity index (χ2v) is 24.7. The molecule has 0 aromatic rings. The number of unbranched alkanes of at least 4 members (excludes halogenated alkanes) is 36. The van der Waals surface area contributed by atoms with Crippen molar-refractivity contribution < 1.29 is 0 Å². The van der Waals surface area contributed by atoms with Crippen LogP contribution in [0.15, 0.2) is 12.2 Å². The van der Waals surface area contributed by atoms with Crippen LogP contribution in [0.4, 0.5) is 0 Å². The van der Waals surface area contributed by atoms with Crippen molar-refractivity contribution in [2.75, 3.05) is 34.5 Å². The predicted molar refractivity (Wildman–Crippen MR) is 334 cm³/mol. The van der Waals surface area contributed by atoms with E-state index >= 15 is 0 Å². The lowest BCUT2D eigenvalue weighted by Gasteiger charge is -2.18. The van der Waals surface area contributed by atoms with E-state index in [0.717, 1.165) is 23.3 Å². The first-order valence-corrected chi connectivity index (χ1v) is 35.1. The molecule has 412 valence electrons. The fraction of sp³-hybridized carbons (Fsp3) is 0.969. The topological polar surface area (TPSA) is 0 Å². The molecule has 0 fully saturated rings. The Bertz CT molecular complexity index is 800. The molecule has 0 spiro atoms. The summed E-state index contributed by atoms with van der Waals surface area (Å²) in [6.07, 6.45) is 69.1. The van der Waals surface area contributed by atoms with Crippen LogP contribution in [0.25, 0.3) is 0 Å². The van der Waals surface area contributed by atoms with Gasteiger partial charge in [-0.1, -0.05) is 311 Å². The van der Waals surface area contributed by atoms with Gasteiger partial charge in [0.1, 0.15) is 0 Å². The van der Waals surface area contributed by atoms with E-state index in [-0.39, 0.29) is 0 Å². The first kappa shape index (κ1) is 73.4. The average Bonchev–Trinajstić information content (AvgIpc) is 3.35. The number of thioether (sulfide) groups is 2. The van der Waals surface area contributed by atoms with Gasteiger partial charge in [0.05, 0.1) is 0 Å².